The predicted molar refractivity (Wildman–Crippen MR) is 143 cm³/mol. The third-order valence-corrected chi connectivity index (χ3v) is 7.41. The summed E-state index contributed by atoms with van der Waals surface area (Å²) in [5.41, 5.74) is 2.25. The van der Waals surface area contributed by atoms with E-state index in [0.717, 1.165) is 10.3 Å². The zero-order chi connectivity index (χ0) is 26.5. The van der Waals surface area contributed by atoms with Crippen molar-refractivity contribution in [3.8, 4) is 0 Å². The topological polar surface area (TPSA) is 114 Å². The van der Waals surface area contributed by atoms with Gasteiger partial charge in [-0.2, -0.15) is 0 Å². The number of carbonyl (C=O) groups is 2. The maximum atomic E-state index is 13.4. The molecule has 1 aromatic heterocycles. The van der Waals surface area contributed by atoms with Crippen molar-refractivity contribution in [2.45, 2.75) is 32.2 Å². The number of amides is 1. The predicted octanol–water partition coefficient (Wildman–Crippen LogP) is 6.13. The maximum Gasteiger partial charge on any atom is 0.301 e. The average molecular weight is 514 g/mol. The fourth-order valence-corrected chi connectivity index (χ4v) is 5.36. The van der Waals surface area contributed by atoms with Crippen LogP contribution >= 0.6 is 11.3 Å². The summed E-state index contributed by atoms with van der Waals surface area (Å²) in [6.45, 7) is 6.26. The van der Waals surface area contributed by atoms with E-state index < -0.39 is 28.4 Å². The number of aliphatic hydroxyl groups excluding tert-OH is 1. The maximum absolute atomic E-state index is 13.4. The van der Waals surface area contributed by atoms with Gasteiger partial charge in [-0.05, 0) is 40.8 Å². The lowest BCUT2D eigenvalue weighted by Gasteiger charge is -2.24. The molecule has 4 aromatic rings. The monoisotopic (exact) mass is 513 g/mol. The van der Waals surface area contributed by atoms with Gasteiger partial charge in [0.1, 0.15) is 5.76 Å². The molecule has 1 atom stereocenters. The van der Waals surface area contributed by atoms with Gasteiger partial charge in [-0.15, -0.1) is 0 Å². The average Bonchev–Trinajstić information content (AvgIpc) is 3.41. The van der Waals surface area contributed by atoms with E-state index >= 15 is 0 Å². The van der Waals surface area contributed by atoms with Crippen LogP contribution in [-0.2, 0) is 15.0 Å². The quantitative estimate of drug-likeness (QED) is 0.115. The highest BCUT2D eigenvalue weighted by Crippen LogP contribution is 2.44. The van der Waals surface area contributed by atoms with E-state index in [1.807, 2.05) is 48.5 Å². The van der Waals surface area contributed by atoms with Gasteiger partial charge in [0.25, 0.3) is 11.5 Å². The number of hydrogen-bond acceptors (Lipinski definition) is 7. The Morgan fingerprint density at radius 3 is 2.24 bits per heavy atom. The molecule has 1 aliphatic heterocycles. The molecule has 0 aliphatic carbocycles. The smallest absolute Gasteiger partial charge is 0.301 e. The summed E-state index contributed by atoms with van der Waals surface area (Å²) in [4.78, 5) is 43.2. The number of hydrogen-bond donors (Lipinski definition) is 1. The van der Waals surface area contributed by atoms with Crippen molar-refractivity contribution in [2.24, 2.45) is 0 Å². The van der Waals surface area contributed by atoms with Crippen LogP contribution in [-0.4, -0.2) is 26.7 Å². The molecule has 1 amide bonds. The Bertz CT molecular complexity index is 1550. The van der Waals surface area contributed by atoms with E-state index in [-0.39, 0.29) is 22.2 Å². The van der Waals surface area contributed by atoms with Gasteiger partial charge in [0.15, 0.2) is 5.13 Å². The fraction of sp³-hybridized carbons (Fsp3) is 0.179. The Hall–Kier alpha value is -4.37. The number of anilines is 1. The molecule has 3 aromatic carbocycles. The molecule has 1 saturated heterocycles. The van der Waals surface area contributed by atoms with Crippen LogP contribution in [0.5, 0.6) is 0 Å². The summed E-state index contributed by atoms with van der Waals surface area (Å²) in [6.07, 6.45) is 0. The first-order chi connectivity index (χ1) is 17.6. The van der Waals surface area contributed by atoms with Crippen molar-refractivity contribution in [1.29, 1.82) is 0 Å². The number of nitro groups is 1. The molecule has 37 heavy (non-hydrogen) atoms. The summed E-state index contributed by atoms with van der Waals surface area (Å²) < 4.78 is 0.858. The number of para-hydroxylation sites is 1. The first-order valence-electron chi connectivity index (χ1n) is 11.6. The molecule has 0 bridgehead atoms. The highest BCUT2D eigenvalue weighted by molar-refractivity contribution is 7.22. The van der Waals surface area contributed by atoms with Crippen LogP contribution in [0, 0.1) is 10.1 Å². The van der Waals surface area contributed by atoms with Crippen molar-refractivity contribution < 1.29 is 19.6 Å². The largest absolute Gasteiger partial charge is 0.507 e. The molecule has 9 heteroatoms. The number of ketones is 1. The molecule has 2 heterocycles. The molecule has 0 spiro atoms. The van der Waals surface area contributed by atoms with Gasteiger partial charge in [0.2, 0.25) is 0 Å². The minimum absolute atomic E-state index is 0.0957. The number of nitrogens with zero attached hydrogens (tertiary/aromatic N) is 3. The number of benzene rings is 3. The zero-order valence-electron chi connectivity index (χ0n) is 20.3. The second kappa shape index (κ2) is 8.94. The lowest BCUT2D eigenvalue weighted by Crippen LogP contribution is -2.29. The van der Waals surface area contributed by atoms with E-state index in [9.17, 15) is 24.8 Å². The van der Waals surface area contributed by atoms with Crippen LogP contribution in [0.1, 0.15) is 43.5 Å². The van der Waals surface area contributed by atoms with E-state index in [1.165, 1.54) is 40.5 Å². The zero-order valence-corrected chi connectivity index (χ0v) is 21.2. The standard InChI is InChI=1S/C28H23N3O5S/c1-28(2,3)18-12-8-16(9-13-18)23-22(24(32)17-10-14-19(15-11-17)31(35)36)25(33)26(34)30(23)27-29-20-6-4-5-7-21(20)37-27/h4-15,23,32H,1-3H3/b24-22+. The molecule has 0 radical (unpaired) electrons. The second-order valence-electron chi connectivity index (χ2n) is 9.81. The lowest BCUT2D eigenvalue weighted by atomic mass is 9.85. The van der Waals surface area contributed by atoms with Gasteiger partial charge in [-0.1, -0.05) is 68.5 Å². The van der Waals surface area contributed by atoms with Crippen molar-refractivity contribution >= 4 is 49.8 Å². The molecule has 186 valence electrons. The second-order valence-corrected chi connectivity index (χ2v) is 10.8. The summed E-state index contributed by atoms with van der Waals surface area (Å²) >= 11 is 1.28. The Morgan fingerprint density at radius 2 is 1.65 bits per heavy atom. The Kier molecular flexibility index (Phi) is 5.88. The van der Waals surface area contributed by atoms with Crippen molar-refractivity contribution in [1.82, 2.24) is 4.98 Å². The molecule has 5 rings (SSSR count). The Morgan fingerprint density at radius 1 is 1.00 bits per heavy atom. The first-order valence-corrected chi connectivity index (χ1v) is 12.4. The number of Topliss-reactive ketones (excluding diaryl/α,β-unsaturated/α-hetero) is 1. The number of aromatic nitrogens is 1. The summed E-state index contributed by atoms with van der Waals surface area (Å²) in [5.74, 6) is -2.05. The molecular formula is C28H23N3O5S. The highest BCUT2D eigenvalue weighted by Gasteiger charge is 2.48. The number of fused-ring (bicyclic) bond motifs is 1. The number of rotatable bonds is 4. The number of nitro benzene ring substituents is 1. The third kappa shape index (κ3) is 4.27. The summed E-state index contributed by atoms with van der Waals surface area (Å²) in [6, 6.07) is 19.3. The van der Waals surface area contributed by atoms with E-state index in [0.29, 0.717) is 16.2 Å². The van der Waals surface area contributed by atoms with Crippen LogP contribution in [0.3, 0.4) is 0 Å². The SMILES string of the molecule is CC(C)(C)c1ccc(C2/C(=C(\O)c3ccc([N+](=O)[O-])cc3)C(=O)C(=O)N2c2nc3ccccc3s2)cc1. The van der Waals surface area contributed by atoms with Crippen LogP contribution in [0.25, 0.3) is 16.0 Å². The van der Waals surface area contributed by atoms with E-state index in [1.54, 1.807) is 0 Å². The molecular weight excluding hydrogens is 490 g/mol. The van der Waals surface area contributed by atoms with Crippen molar-refractivity contribution in [3.63, 3.8) is 0 Å². The Balaban J connectivity index is 1.70. The summed E-state index contributed by atoms with van der Waals surface area (Å²) in [5, 5.41) is 22.7. The molecule has 8 nitrogen and oxygen atoms in total. The summed E-state index contributed by atoms with van der Waals surface area (Å²) in [7, 11) is 0. The third-order valence-electron chi connectivity index (χ3n) is 6.38. The lowest BCUT2D eigenvalue weighted by molar-refractivity contribution is -0.384. The molecule has 1 N–H and O–H groups in total. The minimum atomic E-state index is -0.926. The van der Waals surface area contributed by atoms with Crippen LogP contribution in [0.15, 0.2) is 78.4 Å². The number of aliphatic hydroxyl groups is 1. The van der Waals surface area contributed by atoms with E-state index in [2.05, 4.69) is 25.8 Å². The fourth-order valence-electron chi connectivity index (χ4n) is 4.37. The molecule has 1 fully saturated rings. The molecule has 1 aliphatic rings. The van der Waals surface area contributed by atoms with Gasteiger partial charge in [0.05, 0.1) is 26.8 Å². The number of non-ortho nitro benzene ring substituents is 1. The van der Waals surface area contributed by atoms with Crippen LogP contribution in [0.2, 0.25) is 0 Å². The number of thiazole rings is 1. The van der Waals surface area contributed by atoms with Crippen molar-refractivity contribution in [2.75, 3.05) is 4.90 Å². The number of carbonyl (C=O) groups excluding carboxylic acids is 2. The normalized spacial score (nSPS) is 17.5. The van der Waals surface area contributed by atoms with Gasteiger partial charge in [-0.3, -0.25) is 24.6 Å². The first kappa shape index (κ1) is 24.3. The molecule has 0 saturated carbocycles. The van der Waals surface area contributed by atoms with Gasteiger partial charge < -0.3 is 5.11 Å². The highest BCUT2D eigenvalue weighted by atomic mass is 32.1. The van der Waals surface area contributed by atoms with Crippen molar-refractivity contribution in [3.05, 3.63) is 105 Å². The van der Waals surface area contributed by atoms with Gasteiger partial charge >= 0.3 is 5.91 Å². The molecule has 1 unspecified atom stereocenters. The minimum Gasteiger partial charge on any atom is -0.507 e. The van der Waals surface area contributed by atoms with Crippen LogP contribution < -0.4 is 4.90 Å². The van der Waals surface area contributed by atoms with Gasteiger partial charge in [0, 0.05) is 17.7 Å². The van der Waals surface area contributed by atoms with Gasteiger partial charge in [-0.25, -0.2) is 4.98 Å². The Labute approximate surface area is 216 Å². The van der Waals surface area contributed by atoms with Crippen LogP contribution in [0.4, 0.5) is 10.8 Å². The van der Waals surface area contributed by atoms with E-state index in [4.69, 9.17) is 0 Å².